The van der Waals surface area contributed by atoms with Gasteiger partial charge in [-0.3, -0.25) is 9.78 Å². The first-order valence-electron chi connectivity index (χ1n) is 13.0. The lowest BCUT2D eigenvalue weighted by molar-refractivity contribution is 0.0969. The average Bonchev–Trinajstić information content (AvgIpc) is 2.91. The molecule has 2 aromatic carbocycles. The third kappa shape index (κ3) is 8.11. The van der Waals surface area contributed by atoms with Gasteiger partial charge in [0.25, 0.3) is 5.91 Å². The number of carbonyl (C=O) groups excluding carboxylic acids is 1. The van der Waals surface area contributed by atoms with Crippen molar-refractivity contribution in [2.24, 2.45) is 0 Å². The van der Waals surface area contributed by atoms with Crippen molar-refractivity contribution in [1.29, 1.82) is 0 Å². The van der Waals surface area contributed by atoms with Gasteiger partial charge >= 0.3 is 0 Å². The molecule has 1 aliphatic rings. The van der Waals surface area contributed by atoms with E-state index in [1.165, 1.54) is 6.42 Å². The monoisotopic (exact) mass is 537 g/mol. The number of benzene rings is 2. The molecule has 1 fully saturated rings. The Kier molecular flexibility index (Phi) is 9.49. The molecule has 1 amide bonds. The Bertz CT molecular complexity index is 1310. The molecule has 3 aromatic rings. The number of hydrogen-bond donors (Lipinski definition) is 3. The molecule has 1 aromatic heterocycles. The van der Waals surface area contributed by atoms with E-state index in [1.807, 2.05) is 35.1 Å². The minimum absolute atomic E-state index is 0.00957. The number of hydrogen-bond acceptors (Lipinski definition) is 7. The summed E-state index contributed by atoms with van der Waals surface area (Å²) in [6, 6.07) is 17.1. The van der Waals surface area contributed by atoms with Crippen LogP contribution in [0.15, 0.2) is 67.0 Å². The van der Waals surface area contributed by atoms with Crippen molar-refractivity contribution in [1.82, 2.24) is 15.0 Å². The van der Waals surface area contributed by atoms with Crippen LogP contribution < -0.4 is 14.8 Å². The SMILES string of the molecule is CS(=O)(=O)NC(=O)c1ccc(-c2ccc(CCNC[C@H](O)c3cccnc3)cc2)cc1OC1CCCCC1. The molecule has 1 atom stereocenters. The predicted molar refractivity (Wildman–Crippen MR) is 147 cm³/mol. The average molecular weight is 538 g/mol. The summed E-state index contributed by atoms with van der Waals surface area (Å²) in [7, 11) is -3.69. The van der Waals surface area contributed by atoms with Crippen molar-refractivity contribution in [2.45, 2.75) is 50.7 Å². The molecule has 1 heterocycles. The fourth-order valence-corrected chi connectivity index (χ4v) is 5.05. The van der Waals surface area contributed by atoms with Crippen LogP contribution in [0, 0.1) is 0 Å². The highest BCUT2D eigenvalue weighted by Crippen LogP contribution is 2.31. The quantitative estimate of drug-likeness (QED) is 0.316. The van der Waals surface area contributed by atoms with Crippen molar-refractivity contribution in [3.63, 3.8) is 0 Å². The van der Waals surface area contributed by atoms with Crippen LogP contribution in [0.3, 0.4) is 0 Å². The Morgan fingerprint density at radius 2 is 1.82 bits per heavy atom. The topological polar surface area (TPSA) is 118 Å². The van der Waals surface area contributed by atoms with E-state index in [0.29, 0.717) is 12.3 Å². The Morgan fingerprint density at radius 3 is 2.50 bits per heavy atom. The number of sulfonamides is 1. The summed E-state index contributed by atoms with van der Waals surface area (Å²) in [4.78, 5) is 16.7. The number of aliphatic hydroxyl groups excluding tert-OH is 1. The van der Waals surface area contributed by atoms with Crippen LogP contribution in [0.5, 0.6) is 5.75 Å². The van der Waals surface area contributed by atoms with Gasteiger partial charge in [0, 0.05) is 24.5 Å². The highest BCUT2D eigenvalue weighted by molar-refractivity contribution is 7.89. The zero-order valence-electron chi connectivity index (χ0n) is 21.6. The number of aliphatic hydroxyl groups is 1. The maximum atomic E-state index is 12.7. The molecule has 9 heteroatoms. The summed E-state index contributed by atoms with van der Waals surface area (Å²) in [6.07, 6.45) is 9.69. The Balaban J connectivity index is 1.41. The summed E-state index contributed by atoms with van der Waals surface area (Å²) >= 11 is 0. The largest absolute Gasteiger partial charge is 0.490 e. The second kappa shape index (κ2) is 13.0. The molecular weight excluding hydrogens is 502 g/mol. The van der Waals surface area contributed by atoms with Gasteiger partial charge in [-0.2, -0.15) is 0 Å². The van der Waals surface area contributed by atoms with Crippen LogP contribution in [0.4, 0.5) is 0 Å². The van der Waals surface area contributed by atoms with Crippen molar-refractivity contribution < 1.29 is 23.1 Å². The van der Waals surface area contributed by atoms with E-state index in [9.17, 15) is 18.3 Å². The van der Waals surface area contributed by atoms with E-state index in [-0.39, 0.29) is 11.7 Å². The lowest BCUT2D eigenvalue weighted by Crippen LogP contribution is -2.30. The Morgan fingerprint density at radius 1 is 1.08 bits per heavy atom. The van der Waals surface area contributed by atoms with Crippen molar-refractivity contribution in [3.05, 3.63) is 83.7 Å². The lowest BCUT2D eigenvalue weighted by Gasteiger charge is -2.24. The lowest BCUT2D eigenvalue weighted by atomic mass is 9.97. The first-order valence-corrected chi connectivity index (χ1v) is 14.9. The first-order chi connectivity index (χ1) is 18.3. The third-order valence-corrected chi connectivity index (χ3v) is 7.19. The predicted octanol–water partition coefficient (Wildman–Crippen LogP) is 4.02. The van der Waals surface area contributed by atoms with E-state index < -0.39 is 22.0 Å². The number of aromatic nitrogens is 1. The van der Waals surface area contributed by atoms with E-state index in [1.54, 1.807) is 24.5 Å². The number of amides is 1. The van der Waals surface area contributed by atoms with E-state index >= 15 is 0 Å². The molecular formula is C29H35N3O5S. The Labute approximate surface area is 224 Å². The molecule has 0 aliphatic heterocycles. The second-order valence-electron chi connectivity index (χ2n) is 9.75. The number of carbonyl (C=O) groups is 1. The van der Waals surface area contributed by atoms with Gasteiger partial charge in [-0.1, -0.05) is 42.8 Å². The molecule has 0 unspecified atom stereocenters. The van der Waals surface area contributed by atoms with Crippen molar-refractivity contribution in [3.8, 4) is 16.9 Å². The van der Waals surface area contributed by atoms with Gasteiger partial charge in [0.15, 0.2) is 0 Å². The second-order valence-corrected chi connectivity index (χ2v) is 11.5. The molecule has 1 saturated carbocycles. The standard InChI is InChI=1S/C29H35N3O5S/c1-38(35,36)32-29(34)26-14-13-23(18-28(26)37-25-7-3-2-4-8-25)22-11-9-21(10-12-22)15-17-31-20-27(33)24-6-5-16-30-19-24/h5-6,9-14,16,18-19,25,27,31,33H,2-4,7-8,15,17,20H2,1H3,(H,32,34)/t27-/m0/s1. The number of nitrogens with zero attached hydrogens (tertiary/aromatic N) is 1. The minimum Gasteiger partial charge on any atom is -0.490 e. The van der Waals surface area contributed by atoms with Crippen molar-refractivity contribution in [2.75, 3.05) is 19.3 Å². The van der Waals surface area contributed by atoms with Gasteiger partial charge in [0.05, 0.1) is 24.0 Å². The van der Waals surface area contributed by atoms with Crippen LogP contribution in [-0.4, -0.2) is 49.9 Å². The van der Waals surface area contributed by atoms with Crippen LogP contribution >= 0.6 is 0 Å². The maximum absolute atomic E-state index is 12.7. The highest BCUT2D eigenvalue weighted by Gasteiger charge is 2.21. The van der Waals surface area contributed by atoms with Crippen LogP contribution in [0.1, 0.15) is 59.7 Å². The molecule has 0 radical (unpaired) electrons. The van der Waals surface area contributed by atoms with Gasteiger partial charge in [-0.15, -0.1) is 0 Å². The molecule has 0 spiro atoms. The van der Waals surface area contributed by atoms with E-state index in [2.05, 4.69) is 22.4 Å². The molecule has 1 aliphatic carbocycles. The molecule has 4 rings (SSSR count). The number of ether oxygens (including phenoxy) is 1. The molecule has 202 valence electrons. The van der Waals surface area contributed by atoms with Gasteiger partial charge < -0.3 is 15.2 Å². The normalized spacial score (nSPS) is 15.1. The summed E-state index contributed by atoms with van der Waals surface area (Å²) in [5, 5.41) is 13.5. The summed E-state index contributed by atoms with van der Waals surface area (Å²) in [5.74, 6) is -0.294. The number of nitrogens with one attached hydrogen (secondary N) is 2. The van der Waals surface area contributed by atoms with Crippen molar-refractivity contribution >= 4 is 15.9 Å². The third-order valence-electron chi connectivity index (χ3n) is 6.63. The van der Waals surface area contributed by atoms with Gasteiger partial charge in [-0.05, 0) is 73.5 Å². The van der Waals surface area contributed by atoms with Gasteiger partial charge in [-0.25, -0.2) is 13.1 Å². The fourth-order valence-electron chi connectivity index (χ4n) is 4.60. The molecule has 38 heavy (non-hydrogen) atoms. The molecule has 3 N–H and O–H groups in total. The summed E-state index contributed by atoms with van der Waals surface area (Å²) in [5.41, 5.74) is 4.00. The van der Waals surface area contributed by atoms with E-state index in [4.69, 9.17) is 4.74 Å². The van der Waals surface area contributed by atoms with E-state index in [0.717, 1.165) is 67.2 Å². The molecule has 0 bridgehead atoms. The summed E-state index contributed by atoms with van der Waals surface area (Å²) in [6.45, 7) is 1.17. The van der Waals surface area contributed by atoms with Gasteiger partial charge in [0.2, 0.25) is 10.0 Å². The highest BCUT2D eigenvalue weighted by atomic mass is 32.2. The zero-order chi connectivity index (χ0) is 27.0. The van der Waals surface area contributed by atoms with Crippen LogP contribution in [0.25, 0.3) is 11.1 Å². The maximum Gasteiger partial charge on any atom is 0.268 e. The minimum atomic E-state index is -3.69. The molecule has 8 nitrogen and oxygen atoms in total. The number of pyridine rings is 1. The zero-order valence-corrected chi connectivity index (χ0v) is 22.4. The Hall–Kier alpha value is -3.27. The first kappa shape index (κ1) is 27.8. The van der Waals surface area contributed by atoms with Crippen LogP contribution in [0.2, 0.25) is 0 Å². The van der Waals surface area contributed by atoms with Gasteiger partial charge in [0.1, 0.15) is 5.75 Å². The summed E-state index contributed by atoms with van der Waals surface area (Å²) < 4.78 is 31.6. The molecule has 0 saturated heterocycles. The smallest absolute Gasteiger partial charge is 0.268 e. The fraction of sp³-hybridized carbons (Fsp3) is 0.379. The number of rotatable bonds is 11. The van der Waals surface area contributed by atoms with Crippen LogP contribution in [-0.2, 0) is 16.4 Å².